The zero-order chi connectivity index (χ0) is 25.1. The van der Waals surface area contributed by atoms with Crippen LogP contribution in [-0.4, -0.2) is 73.2 Å². The van der Waals surface area contributed by atoms with Gasteiger partial charge in [0.25, 0.3) is 0 Å². The predicted octanol–water partition coefficient (Wildman–Crippen LogP) is 2.14. The molecule has 0 unspecified atom stereocenters. The van der Waals surface area contributed by atoms with Gasteiger partial charge >= 0.3 is 0 Å². The van der Waals surface area contributed by atoms with Gasteiger partial charge < -0.3 is 20.3 Å². The molecule has 0 bridgehead atoms. The van der Waals surface area contributed by atoms with Crippen molar-refractivity contribution in [1.82, 2.24) is 20.2 Å². The van der Waals surface area contributed by atoms with E-state index < -0.39 is 10.0 Å². The van der Waals surface area contributed by atoms with Gasteiger partial charge in [0.1, 0.15) is 5.82 Å². The van der Waals surface area contributed by atoms with Gasteiger partial charge in [0.15, 0.2) is 17.0 Å². The quantitative estimate of drug-likeness (QED) is 0.479. The van der Waals surface area contributed by atoms with Crippen LogP contribution < -0.4 is 20.3 Å². The van der Waals surface area contributed by atoms with Crippen molar-refractivity contribution >= 4 is 44.2 Å². The van der Waals surface area contributed by atoms with Crippen LogP contribution in [0.15, 0.2) is 24.4 Å². The minimum Gasteiger partial charge on any atom is -0.376 e. The highest BCUT2D eigenvalue weighted by Crippen LogP contribution is 2.42. The van der Waals surface area contributed by atoms with Gasteiger partial charge in [-0.05, 0) is 44.7 Å². The van der Waals surface area contributed by atoms with Crippen LogP contribution in [0, 0.1) is 5.41 Å². The van der Waals surface area contributed by atoms with Crippen LogP contribution in [0.1, 0.15) is 31.7 Å². The molecule has 1 spiro atoms. The summed E-state index contributed by atoms with van der Waals surface area (Å²) in [7, 11) is -3.38. The second-order valence-corrected chi connectivity index (χ2v) is 12.0. The third kappa shape index (κ3) is 3.97. The Morgan fingerprint density at radius 3 is 2.78 bits per heavy atom. The second kappa shape index (κ2) is 8.56. The summed E-state index contributed by atoms with van der Waals surface area (Å²) in [5.41, 5.74) is 10.4. The lowest BCUT2D eigenvalue weighted by atomic mass is 9.73. The van der Waals surface area contributed by atoms with Gasteiger partial charge in [0.2, 0.25) is 10.0 Å². The van der Waals surface area contributed by atoms with E-state index in [4.69, 9.17) is 20.4 Å². The lowest BCUT2D eigenvalue weighted by molar-refractivity contribution is 0.0974. The molecular weight excluding hydrogens is 480 g/mol. The fourth-order valence-corrected chi connectivity index (χ4v) is 6.51. The zero-order valence-electron chi connectivity index (χ0n) is 20.6. The van der Waals surface area contributed by atoms with Crippen molar-refractivity contribution in [3.8, 4) is 0 Å². The second-order valence-electron chi connectivity index (χ2n) is 10.3. The van der Waals surface area contributed by atoms with Crippen LogP contribution in [0.4, 0.5) is 23.0 Å². The summed E-state index contributed by atoms with van der Waals surface area (Å²) in [6, 6.07) is 5.72. The SMILES string of the molecule is C[C@@H]1OCC2(CCN(c3cnc4c(N5CCCc6c(NS(C)(=O)=O)cccc65)n[nH]c4n3)CC2)[C@@H]1N. The molecule has 3 aromatic rings. The van der Waals surface area contributed by atoms with E-state index in [1.165, 1.54) is 6.26 Å². The van der Waals surface area contributed by atoms with Crippen LogP contribution in [0.5, 0.6) is 0 Å². The number of rotatable bonds is 4. The molecule has 0 radical (unpaired) electrons. The number of ether oxygens (including phenoxy) is 1. The molecule has 2 fully saturated rings. The molecule has 36 heavy (non-hydrogen) atoms. The maximum absolute atomic E-state index is 11.9. The van der Waals surface area contributed by atoms with E-state index in [1.54, 1.807) is 6.07 Å². The lowest BCUT2D eigenvalue weighted by Gasteiger charge is -2.41. The molecule has 2 saturated heterocycles. The Bertz CT molecular complexity index is 1400. The Balaban J connectivity index is 1.26. The highest BCUT2D eigenvalue weighted by molar-refractivity contribution is 7.92. The van der Waals surface area contributed by atoms with Crippen molar-refractivity contribution in [2.45, 2.75) is 44.8 Å². The molecule has 192 valence electrons. The van der Waals surface area contributed by atoms with E-state index in [0.29, 0.717) is 22.7 Å². The average molecular weight is 513 g/mol. The first kappa shape index (κ1) is 23.4. The first-order valence-electron chi connectivity index (χ1n) is 12.4. The summed E-state index contributed by atoms with van der Waals surface area (Å²) >= 11 is 0. The zero-order valence-corrected chi connectivity index (χ0v) is 21.4. The first-order valence-corrected chi connectivity index (χ1v) is 14.3. The number of hydrogen-bond acceptors (Lipinski definition) is 9. The number of hydrogen-bond donors (Lipinski definition) is 3. The molecule has 4 N–H and O–H groups in total. The molecule has 0 saturated carbocycles. The van der Waals surface area contributed by atoms with Crippen molar-refractivity contribution in [2.24, 2.45) is 11.1 Å². The van der Waals surface area contributed by atoms with Crippen LogP contribution in [0.2, 0.25) is 0 Å². The van der Waals surface area contributed by atoms with Gasteiger partial charge in [-0.3, -0.25) is 9.82 Å². The van der Waals surface area contributed by atoms with E-state index in [0.717, 1.165) is 69.0 Å². The normalized spacial score (nSPS) is 23.9. The van der Waals surface area contributed by atoms with Gasteiger partial charge in [0, 0.05) is 42.3 Å². The summed E-state index contributed by atoms with van der Waals surface area (Å²) < 4.78 is 32.2. The van der Waals surface area contributed by atoms with Crippen LogP contribution in [0.25, 0.3) is 11.2 Å². The van der Waals surface area contributed by atoms with E-state index in [1.807, 2.05) is 18.3 Å². The molecule has 5 heterocycles. The number of aromatic nitrogens is 4. The molecule has 0 aliphatic carbocycles. The summed E-state index contributed by atoms with van der Waals surface area (Å²) in [6.45, 7) is 5.27. The number of nitrogens with zero attached hydrogens (tertiary/aromatic N) is 5. The van der Waals surface area contributed by atoms with Crippen LogP contribution in [-0.2, 0) is 21.2 Å². The Kier molecular flexibility index (Phi) is 5.58. The summed E-state index contributed by atoms with van der Waals surface area (Å²) in [6.07, 6.45) is 6.69. The maximum Gasteiger partial charge on any atom is 0.229 e. The van der Waals surface area contributed by atoms with Gasteiger partial charge in [-0.2, -0.15) is 5.10 Å². The van der Waals surface area contributed by atoms with Crippen molar-refractivity contribution in [3.05, 3.63) is 30.0 Å². The average Bonchev–Trinajstić information content (AvgIpc) is 3.40. The summed E-state index contributed by atoms with van der Waals surface area (Å²) in [5, 5.41) is 7.64. The van der Waals surface area contributed by atoms with E-state index in [9.17, 15) is 8.42 Å². The first-order chi connectivity index (χ1) is 17.2. The predicted molar refractivity (Wildman–Crippen MR) is 139 cm³/mol. The fourth-order valence-electron chi connectivity index (χ4n) is 5.91. The molecule has 12 heteroatoms. The standard InChI is InChI=1S/C24H32N8O3S/c1-15-21(25)24(14-35-15)8-11-31(12-9-24)19-13-26-20-22(27-19)28-29-23(20)32-10-4-5-16-17(30-36(2,33)34)6-3-7-18(16)32/h3,6-7,13,15,21,30H,4-5,8-12,14,25H2,1-2H3,(H,27,28,29)/t15-,21+/m0/s1. The Hall–Kier alpha value is -2.96. The number of sulfonamides is 1. The number of H-pyrrole nitrogens is 1. The fraction of sp³-hybridized carbons (Fsp3) is 0.542. The molecule has 1 aromatic carbocycles. The largest absolute Gasteiger partial charge is 0.376 e. The van der Waals surface area contributed by atoms with Crippen molar-refractivity contribution in [1.29, 1.82) is 0 Å². The summed E-state index contributed by atoms with van der Waals surface area (Å²) in [4.78, 5) is 14.0. The number of nitrogens with one attached hydrogen (secondary N) is 2. The Morgan fingerprint density at radius 2 is 2.06 bits per heavy atom. The minimum absolute atomic E-state index is 0.0566. The van der Waals surface area contributed by atoms with E-state index in [-0.39, 0.29) is 17.6 Å². The van der Waals surface area contributed by atoms with Gasteiger partial charge in [0.05, 0.1) is 30.9 Å². The van der Waals surface area contributed by atoms with Crippen molar-refractivity contribution in [2.75, 3.05) is 47.0 Å². The van der Waals surface area contributed by atoms with E-state index >= 15 is 0 Å². The molecule has 0 amide bonds. The van der Waals surface area contributed by atoms with Gasteiger partial charge in [-0.1, -0.05) is 6.07 Å². The number of piperidine rings is 1. The smallest absolute Gasteiger partial charge is 0.229 e. The van der Waals surface area contributed by atoms with Gasteiger partial charge in [-0.15, -0.1) is 0 Å². The highest BCUT2D eigenvalue weighted by atomic mass is 32.2. The molecule has 2 aromatic heterocycles. The van der Waals surface area contributed by atoms with Crippen LogP contribution >= 0.6 is 0 Å². The minimum atomic E-state index is -3.38. The third-order valence-corrected chi connectivity index (χ3v) is 8.56. The number of benzene rings is 1. The number of anilines is 4. The monoisotopic (exact) mass is 512 g/mol. The van der Waals surface area contributed by atoms with Gasteiger partial charge in [-0.25, -0.2) is 18.4 Å². The molecule has 6 rings (SSSR count). The molecule has 3 aliphatic heterocycles. The topological polar surface area (TPSA) is 142 Å². The number of aromatic amines is 1. The molecule has 3 aliphatic rings. The lowest BCUT2D eigenvalue weighted by Crippen LogP contribution is -2.50. The molecule has 11 nitrogen and oxygen atoms in total. The number of nitrogens with two attached hydrogens (primary N) is 1. The van der Waals surface area contributed by atoms with Crippen molar-refractivity contribution < 1.29 is 13.2 Å². The Labute approximate surface area is 210 Å². The Morgan fingerprint density at radius 1 is 1.25 bits per heavy atom. The van der Waals surface area contributed by atoms with Crippen LogP contribution in [0.3, 0.4) is 0 Å². The molecular formula is C24H32N8O3S. The highest BCUT2D eigenvalue weighted by Gasteiger charge is 2.47. The number of fused-ring (bicyclic) bond motifs is 2. The van der Waals surface area contributed by atoms with E-state index in [2.05, 4.69) is 31.6 Å². The third-order valence-electron chi connectivity index (χ3n) is 7.97. The van der Waals surface area contributed by atoms with Crippen molar-refractivity contribution in [3.63, 3.8) is 0 Å². The molecule has 2 atom stereocenters. The summed E-state index contributed by atoms with van der Waals surface area (Å²) in [5.74, 6) is 1.52. The maximum atomic E-state index is 11.9.